The van der Waals surface area contributed by atoms with Gasteiger partial charge in [0.1, 0.15) is 24.4 Å². The summed E-state index contributed by atoms with van der Waals surface area (Å²) in [5.74, 6) is -1.90. The number of hydrogen-bond donors (Lipinski definition) is 5. The first-order chi connectivity index (χ1) is 7.45. The van der Waals surface area contributed by atoms with Gasteiger partial charge < -0.3 is 40.2 Å². The van der Waals surface area contributed by atoms with Gasteiger partial charge in [-0.1, -0.05) is 0 Å². The molecule has 96 valence electrons. The van der Waals surface area contributed by atoms with E-state index < -0.39 is 43.6 Å². The van der Waals surface area contributed by atoms with Crippen molar-refractivity contribution in [1.29, 1.82) is 0 Å². The van der Waals surface area contributed by atoms with Gasteiger partial charge in [-0.25, -0.2) is 0 Å². The molecule has 0 aliphatic heterocycles. The van der Waals surface area contributed by atoms with Crippen molar-refractivity contribution in [2.45, 2.75) is 24.4 Å². The second kappa shape index (κ2) is 10.2. The number of carboxylic acid groups (broad SMARTS) is 1. The van der Waals surface area contributed by atoms with Crippen LogP contribution in [0.3, 0.4) is 0 Å². The van der Waals surface area contributed by atoms with Gasteiger partial charge in [-0.15, -0.1) is 0 Å². The van der Waals surface area contributed by atoms with Crippen LogP contribution in [0, 0.1) is 0 Å². The zero-order valence-electron chi connectivity index (χ0n) is 9.39. The van der Waals surface area contributed by atoms with E-state index in [-0.39, 0.29) is 36.2 Å². The van der Waals surface area contributed by atoms with Crippen LogP contribution in [0.25, 0.3) is 0 Å². The summed E-state index contributed by atoms with van der Waals surface area (Å²) in [5, 5.41) is 54.9. The molecular formula is C8H15NaO8. The van der Waals surface area contributed by atoms with Crippen LogP contribution in [-0.4, -0.2) is 75.7 Å². The van der Waals surface area contributed by atoms with Gasteiger partial charge in [-0.2, -0.15) is 0 Å². The maximum atomic E-state index is 10.4. The van der Waals surface area contributed by atoms with Crippen molar-refractivity contribution in [2.24, 2.45) is 0 Å². The Morgan fingerprint density at radius 2 is 1.76 bits per heavy atom. The molecule has 0 saturated heterocycles. The van der Waals surface area contributed by atoms with E-state index in [1.54, 1.807) is 0 Å². The van der Waals surface area contributed by atoms with E-state index >= 15 is 0 Å². The number of carbonyl (C=O) groups is 1. The van der Waals surface area contributed by atoms with E-state index in [2.05, 4.69) is 4.74 Å². The first-order valence-corrected chi connectivity index (χ1v) is 4.54. The Balaban J connectivity index is 0. The number of hydrogen-bond acceptors (Lipinski definition) is 8. The summed E-state index contributed by atoms with van der Waals surface area (Å²) in [6.07, 6.45) is -7.36. The summed E-state index contributed by atoms with van der Waals surface area (Å²) in [6.45, 7) is -1.64. The normalized spacial score (nSPS) is 17.7. The number of rotatable bonds is 8. The molecule has 0 aliphatic carbocycles. The molecule has 4 atom stereocenters. The largest absolute Gasteiger partial charge is 1.00 e. The van der Waals surface area contributed by atoms with Crippen molar-refractivity contribution in [3.05, 3.63) is 0 Å². The van der Waals surface area contributed by atoms with Crippen LogP contribution >= 0.6 is 0 Å². The summed E-state index contributed by atoms with van der Waals surface area (Å²) >= 11 is 0. The molecule has 0 aliphatic rings. The van der Waals surface area contributed by atoms with E-state index in [9.17, 15) is 15.0 Å². The number of carboxylic acids is 1. The van der Waals surface area contributed by atoms with Crippen molar-refractivity contribution >= 4 is 5.97 Å². The molecule has 0 heterocycles. The van der Waals surface area contributed by atoms with E-state index in [4.69, 9.17) is 20.4 Å². The predicted octanol–water partition coefficient (Wildman–Crippen LogP) is -7.81. The van der Waals surface area contributed by atoms with Crippen molar-refractivity contribution in [3.63, 3.8) is 0 Å². The summed E-state index contributed by atoms with van der Waals surface area (Å²) in [4.78, 5) is 10.4. The number of aliphatic carboxylic acids is 1. The third kappa shape index (κ3) is 6.65. The second-order valence-electron chi connectivity index (χ2n) is 3.06. The number of ether oxygens (including phenoxy) is 1. The van der Waals surface area contributed by atoms with Gasteiger partial charge in [-0.05, 0) is 0 Å². The van der Waals surface area contributed by atoms with Crippen LogP contribution in [-0.2, 0) is 9.53 Å². The van der Waals surface area contributed by atoms with E-state index in [1.165, 1.54) is 0 Å². The van der Waals surface area contributed by atoms with Gasteiger partial charge in [0.05, 0.1) is 25.8 Å². The maximum Gasteiger partial charge on any atom is 1.00 e. The fourth-order valence-corrected chi connectivity index (χ4v) is 1.03. The van der Waals surface area contributed by atoms with Crippen molar-refractivity contribution < 1.29 is 69.7 Å². The fraction of sp³-hybridized carbons (Fsp3) is 0.875. The Bertz CT molecular complexity index is 214. The number of carbonyl (C=O) groups excluding carboxylic acids is 1. The molecule has 4 unspecified atom stereocenters. The number of aliphatic hydroxyl groups is 5. The molecule has 8 nitrogen and oxygen atoms in total. The van der Waals surface area contributed by atoms with Gasteiger partial charge >= 0.3 is 29.6 Å². The third-order valence-electron chi connectivity index (χ3n) is 1.87. The molecule has 0 rings (SSSR count). The molecule has 0 aromatic rings. The van der Waals surface area contributed by atoms with E-state index in [1.807, 2.05) is 0 Å². The quantitative estimate of drug-likeness (QED) is 0.271. The molecule has 0 spiro atoms. The third-order valence-corrected chi connectivity index (χ3v) is 1.87. The van der Waals surface area contributed by atoms with Crippen LogP contribution in [0.1, 0.15) is 0 Å². The van der Waals surface area contributed by atoms with E-state index in [0.29, 0.717) is 0 Å². The Morgan fingerprint density at radius 3 is 2.12 bits per heavy atom. The predicted molar refractivity (Wildman–Crippen MR) is 46.9 cm³/mol. The van der Waals surface area contributed by atoms with Crippen molar-refractivity contribution in [2.75, 3.05) is 19.8 Å². The first kappa shape index (κ1) is 19.6. The topological polar surface area (TPSA) is 151 Å². The monoisotopic (exact) mass is 262 g/mol. The molecule has 5 N–H and O–H groups in total. The summed E-state index contributed by atoms with van der Waals surface area (Å²) in [7, 11) is 0. The minimum Gasteiger partial charge on any atom is -0.547 e. The minimum absolute atomic E-state index is 0. The molecule has 0 saturated carbocycles. The Morgan fingerprint density at radius 1 is 1.24 bits per heavy atom. The standard InChI is InChI=1S/C8H16O8.Na/c9-1-2-16-7(6(13)8(14)15)5(12)4(11)3-10;/h4-7,9-13H,1-3H2,(H,14,15);/q;+1/p-1. The minimum atomic E-state index is -2.18. The Labute approximate surface area is 120 Å². The zero-order chi connectivity index (χ0) is 12.7. The van der Waals surface area contributed by atoms with Crippen LogP contribution in [0.5, 0.6) is 0 Å². The molecule has 0 amide bonds. The summed E-state index contributed by atoms with van der Waals surface area (Å²) in [5.41, 5.74) is 0. The molecule has 0 aromatic heterocycles. The van der Waals surface area contributed by atoms with E-state index in [0.717, 1.165) is 0 Å². The van der Waals surface area contributed by atoms with Gasteiger partial charge in [0.2, 0.25) is 0 Å². The molecule has 0 fully saturated rings. The Kier molecular flexibility index (Phi) is 11.7. The van der Waals surface area contributed by atoms with Gasteiger partial charge in [0.25, 0.3) is 0 Å². The van der Waals surface area contributed by atoms with Crippen LogP contribution in [0.4, 0.5) is 0 Å². The first-order valence-electron chi connectivity index (χ1n) is 4.54. The van der Waals surface area contributed by atoms with Crippen LogP contribution in [0.2, 0.25) is 0 Å². The second-order valence-corrected chi connectivity index (χ2v) is 3.06. The van der Waals surface area contributed by atoms with Gasteiger partial charge in [-0.3, -0.25) is 0 Å². The smallest absolute Gasteiger partial charge is 0.547 e. The average molecular weight is 262 g/mol. The molecule has 17 heavy (non-hydrogen) atoms. The molecule has 0 aromatic carbocycles. The molecular weight excluding hydrogens is 247 g/mol. The van der Waals surface area contributed by atoms with Crippen LogP contribution in [0.15, 0.2) is 0 Å². The van der Waals surface area contributed by atoms with Gasteiger partial charge in [0.15, 0.2) is 0 Å². The number of aliphatic hydroxyl groups excluding tert-OH is 5. The Hall–Kier alpha value is 0.230. The van der Waals surface area contributed by atoms with Crippen LogP contribution < -0.4 is 34.7 Å². The van der Waals surface area contributed by atoms with Crippen molar-refractivity contribution in [1.82, 2.24) is 0 Å². The SMILES string of the molecule is O=C([O-])C(O)C(OCCO)C(O)C(O)CO.[Na+]. The van der Waals surface area contributed by atoms with Crippen molar-refractivity contribution in [3.8, 4) is 0 Å². The molecule has 0 bridgehead atoms. The maximum absolute atomic E-state index is 10.4. The summed E-state index contributed by atoms with van der Waals surface area (Å²) < 4.78 is 4.66. The van der Waals surface area contributed by atoms with Gasteiger partial charge in [0, 0.05) is 0 Å². The fourth-order valence-electron chi connectivity index (χ4n) is 1.03. The zero-order valence-corrected chi connectivity index (χ0v) is 11.4. The average Bonchev–Trinajstić information content (AvgIpc) is 2.27. The molecule has 9 heteroatoms. The summed E-state index contributed by atoms with van der Waals surface area (Å²) in [6, 6.07) is 0. The molecule has 0 radical (unpaired) electrons.